The second-order valence-corrected chi connectivity index (χ2v) is 16.4. The Balaban J connectivity index is 1.17. The Hall–Kier alpha value is -8.14. The monoisotopic (exact) mass is 801 g/mol. The van der Waals surface area contributed by atoms with Gasteiger partial charge in [0.15, 0.2) is 0 Å². The number of hydrogen-bond donors (Lipinski definition) is 0. The van der Waals surface area contributed by atoms with E-state index in [0.29, 0.717) is 6.04 Å². The summed E-state index contributed by atoms with van der Waals surface area (Å²) in [5.74, 6) is 0. The van der Waals surface area contributed by atoms with E-state index in [9.17, 15) is 0 Å². The first-order valence-corrected chi connectivity index (χ1v) is 21.7. The molecule has 3 heteroatoms. The summed E-state index contributed by atoms with van der Waals surface area (Å²) in [4.78, 5) is 4.92. The average Bonchev–Trinajstić information content (AvgIpc) is 3.37. The molecule has 0 saturated heterocycles. The summed E-state index contributed by atoms with van der Waals surface area (Å²) < 4.78 is 9.03. The van der Waals surface area contributed by atoms with Gasteiger partial charge in [0.25, 0.3) is 6.71 Å². The van der Waals surface area contributed by atoms with Gasteiger partial charge in [-0.15, -0.1) is 0 Å². The minimum Gasteiger partial charge on any atom is -0.311 e. The molecular formula is C60H41BN2. The van der Waals surface area contributed by atoms with Crippen LogP contribution in [0.25, 0.3) is 55.6 Å². The third kappa shape index (κ3) is 6.28. The van der Waals surface area contributed by atoms with Crippen LogP contribution in [0.15, 0.2) is 249 Å². The summed E-state index contributed by atoms with van der Waals surface area (Å²) in [6, 6.07) is 87.9. The maximum atomic E-state index is 9.03. The van der Waals surface area contributed by atoms with Crippen LogP contribution in [-0.2, 0) is 0 Å². The lowest BCUT2D eigenvalue weighted by Gasteiger charge is -2.44. The van der Waals surface area contributed by atoms with Gasteiger partial charge >= 0.3 is 0 Å². The van der Waals surface area contributed by atoms with Gasteiger partial charge in [-0.05, 0) is 121 Å². The highest BCUT2D eigenvalue weighted by molar-refractivity contribution is 7.00. The van der Waals surface area contributed by atoms with Gasteiger partial charge in [-0.2, -0.15) is 0 Å². The molecule has 2 aliphatic rings. The van der Waals surface area contributed by atoms with Crippen LogP contribution in [0.4, 0.5) is 34.1 Å². The molecule has 0 radical (unpaired) electrons. The number of nitrogens with zero attached hydrogens (tertiary/aromatic N) is 2. The molecule has 294 valence electrons. The second kappa shape index (κ2) is 15.4. The Kier molecular flexibility index (Phi) is 8.70. The smallest absolute Gasteiger partial charge is 0.252 e. The topological polar surface area (TPSA) is 6.48 Å². The number of fused-ring (bicyclic) bond motifs is 4. The first kappa shape index (κ1) is 35.6. The zero-order valence-electron chi connectivity index (χ0n) is 35.6. The molecule has 12 rings (SSSR count). The molecule has 2 heterocycles. The maximum absolute atomic E-state index is 9.03. The van der Waals surface area contributed by atoms with Gasteiger partial charge in [0.2, 0.25) is 0 Å². The maximum Gasteiger partial charge on any atom is 0.252 e. The van der Waals surface area contributed by atoms with Crippen LogP contribution < -0.4 is 26.2 Å². The van der Waals surface area contributed by atoms with Gasteiger partial charge in [-0.25, -0.2) is 0 Å². The lowest BCUT2D eigenvalue weighted by Crippen LogP contribution is -2.61. The van der Waals surface area contributed by atoms with Gasteiger partial charge in [0.1, 0.15) is 0 Å². The molecule has 10 aromatic rings. The van der Waals surface area contributed by atoms with E-state index in [0.717, 1.165) is 45.2 Å². The van der Waals surface area contributed by atoms with Crippen LogP contribution >= 0.6 is 0 Å². The summed E-state index contributed by atoms with van der Waals surface area (Å²) in [5, 5.41) is 0. The van der Waals surface area contributed by atoms with E-state index >= 15 is 0 Å². The molecule has 2 aliphatic heterocycles. The van der Waals surface area contributed by atoms with E-state index < -0.39 is 0 Å². The SMILES string of the molecule is [2H]c1ccc2c(c1)B1c3ccccc3N(c3ccc(-c4ccccc4)cc3)c3cc(-c4c(-c5ccccc5)cccc4-c4ccccc4)cc(c31)N2c1ccc(-c2ccccc2)cc1. The Bertz CT molecular complexity index is 3240. The Morgan fingerprint density at radius 3 is 1.19 bits per heavy atom. The fourth-order valence-electron chi connectivity index (χ4n) is 9.98. The number of hydrogen-bond acceptors (Lipinski definition) is 2. The van der Waals surface area contributed by atoms with Crippen LogP contribution in [0.3, 0.4) is 0 Å². The van der Waals surface area contributed by atoms with Gasteiger partial charge in [0, 0.05) is 34.1 Å². The third-order valence-electron chi connectivity index (χ3n) is 12.8. The molecule has 0 bridgehead atoms. The van der Waals surface area contributed by atoms with Crippen molar-refractivity contribution in [2.24, 2.45) is 0 Å². The van der Waals surface area contributed by atoms with Crippen molar-refractivity contribution >= 4 is 57.2 Å². The normalized spacial score (nSPS) is 12.6. The Morgan fingerprint density at radius 2 is 0.698 bits per heavy atom. The van der Waals surface area contributed by atoms with Crippen LogP contribution in [0.1, 0.15) is 1.37 Å². The summed E-state index contributed by atoms with van der Waals surface area (Å²) >= 11 is 0. The van der Waals surface area contributed by atoms with Crippen molar-refractivity contribution in [2.45, 2.75) is 0 Å². The summed E-state index contributed by atoms with van der Waals surface area (Å²) in [6.07, 6.45) is 0. The van der Waals surface area contributed by atoms with E-state index in [2.05, 4.69) is 246 Å². The van der Waals surface area contributed by atoms with Crippen molar-refractivity contribution in [2.75, 3.05) is 9.80 Å². The zero-order chi connectivity index (χ0) is 42.6. The highest BCUT2D eigenvalue weighted by Gasteiger charge is 2.43. The molecule has 0 fully saturated rings. The van der Waals surface area contributed by atoms with E-state index in [1.807, 2.05) is 6.07 Å². The number of para-hydroxylation sites is 2. The molecule has 0 atom stereocenters. The first-order valence-electron chi connectivity index (χ1n) is 22.2. The molecule has 0 N–H and O–H groups in total. The Labute approximate surface area is 371 Å². The van der Waals surface area contributed by atoms with Gasteiger partial charge in [-0.1, -0.05) is 200 Å². The predicted molar refractivity (Wildman–Crippen MR) is 268 cm³/mol. The number of anilines is 6. The lowest BCUT2D eigenvalue weighted by molar-refractivity contribution is 1.25. The summed E-state index contributed by atoms with van der Waals surface area (Å²) in [7, 11) is 0. The van der Waals surface area contributed by atoms with E-state index in [4.69, 9.17) is 1.37 Å². The van der Waals surface area contributed by atoms with Gasteiger partial charge in [-0.3, -0.25) is 0 Å². The highest BCUT2D eigenvalue weighted by Crippen LogP contribution is 2.49. The fraction of sp³-hybridized carbons (Fsp3) is 0. The predicted octanol–water partition coefficient (Wildman–Crippen LogP) is 14.1. The molecule has 10 aromatic carbocycles. The molecule has 63 heavy (non-hydrogen) atoms. The average molecular weight is 802 g/mol. The first-order chi connectivity index (χ1) is 31.7. The molecule has 0 aromatic heterocycles. The van der Waals surface area contributed by atoms with Crippen LogP contribution in [0, 0.1) is 0 Å². The molecule has 0 aliphatic carbocycles. The van der Waals surface area contributed by atoms with Crippen molar-refractivity contribution in [1.29, 1.82) is 0 Å². The summed E-state index contributed by atoms with van der Waals surface area (Å²) in [6.45, 7) is -0.104. The molecule has 2 nitrogen and oxygen atoms in total. The van der Waals surface area contributed by atoms with Crippen LogP contribution in [0.5, 0.6) is 0 Å². The van der Waals surface area contributed by atoms with Crippen molar-refractivity contribution < 1.29 is 1.37 Å². The van der Waals surface area contributed by atoms with E-state index in [1.165, 1.54) is 61.0 Å². The van der Waals surface area contributed by atoms with Gasteiger partial charge in [0.05, 0.1) is 1.37 Å². The zero-order valence-corrected chi connectivity index (χ0v) is 34.6. The fourth-order valence-corrected chi connectivity index (χ4v) is 9.98. The number of rotatable bonds is 7. The van der Waals surface area contributed by atoms with E-state index in [-0.39, 0.29) is 6.71 Å². The van der Waals surface area contributed by atoms with E-state index in [1.54, 1.807) is 0 Å². The molecule has 0 amide bonds. The highest BCUT2D eigenvalue weighted by atomic mass is 15.2. The minimum atomic E-state index is -0.104. The van der Waals surface area contributed by atoms with Crippen molar-refractivity contribution in [3.05, 3.63) is 249 Å². The molecular weight excluding hydrogens is 759 g/mol. The van der Waals surface area contributed by atoms with Crippen LogP contribution in [0.2, 0.25) is 0 Å². The summed E-state index contributed by atoms with van der Waals surface area (Å²) in [5.41, 5.74) is 21.9. The third-order valence-corrected chi connectivity index (χ3v) is 12.8. The standard InChI is InChI=1S/C60H41BN2/c1-5-18-42(19-6-1)44-32-36-49(37-33-44)62-55-30-15-13-28-53(55)61-54-29-14-16-31-56(54)63(50-38-34-45(35-39-50)43-20-7-2-8-21-43)58-41-48(40-57(62)60(58)61)59-51(46-22-9-3-10-23-46)26-17-27-52(59)47-24-11-4-12-25-47/h1-41H/i13D. The lowest BCUT2D eigenvalue weighted by atomic mass is 9.33. The second-order valence-electron chi connectivity index (χ2n) is 16.4. The van der Waals surface area contributed by atoms with Crippen molar-refractivity contribution in [3.63, 3.8) is 0 Å². The molecule has 0 unspecified atom stereocenters. The van der Waals surface area contributed by atoms with Crippen molar-refractivity contribution in [1.82, 2.24) is 0 Å². The largest absolute Gasteiger partial charge is 0.311 e. The molecule has 0 saturated carbocycles. The van der Waals surface area contributed by atoms with Crippen molar-refractivity contribution in [3.8, 4) is 55.6 Å². The Morgan fingerprint density at radius 1 is 0.302 bits per heavy atom. The number of benzene rings is 10. The van der Waals surface area contributed by atoms with Gasteiger partial charge < -0.3 is 9.80 Å². The minimum absolute atomic E-state index is 0.104. The molecule has 0 spiro atoms. The van der Waals surface area contributed by atoms with Crippen LogP contribution in [-0.4, -0.2) is 6.71 Å². The quantitative estimate of drug-likeness (QED) is 0.148.